The summed E-state index contributed by atoms with van der Waals surface area (Å²) in [4.78, 5) is 26.2. The highest BCUT2D eigenvalue weighted by molar-refractivity contribution is 7.38. The number of nitrogens with zero attached hydrogens (tertiary/aromatic N) is 1. The molecule has 2 amide bonds. The number of nitrogens with one attached hydrogen (secondary N) is 1. The molecule has 0 radical (unpaired) electrons. The molecule has 24 heavy (non-hydrogen) atoms. The zero-order chi connectivity index (χ0) is 16.7. The molecule has 3 heterocycles. The Bertz CT molecular complexity index is 950. The van der Waals surface area contributed by atoms with Gasteiger partial charge in [-0.05, 0) is 29.6 Å². The fourth-order valence-corrected chi connectivity index (χ4v) is 5.02. The van der Waals surface area contributed by atoms with Gasteiger partial charge in [0.2, 0.25) is 0 Å². The largest absolute Gasteiger partial charge is 0.447 e. The Labute approximate surface area is 150 Å². The Morgan fingerprint density at radius 1 is 1.33 bits per heavy atom. The maximum atomic E-state index is 12.5. The van der Waals surface area contributed by atoms with Gasteiger partial charge >= 0.3 is 6.09 Å². The lowest BCUT2D eigenvalue weighted by atomic mass is 10.2. The molecule has 2 aromatic heterocycles. The summed E-state index contributed by atoms with van der Waals surface area (Å²) in [5.74, 6) is -0.255. The van der Waals surface area contributed by atoms with Gasteiger partial charge in [0, 0.05) is 16.8 Å². The molecule has 3 aromatic rings. The van der Waals surface area contributed by atoms with Crippen LogP contribution in [0.5, 0.6) is 0 Å². The molecular weight excluding hydrogens is 368 g/mol. The van der Waals surface area contributed by atoms with Gasteiger partial charge in [-0.2, -0.15) is 0 Å². The molecule has 0 saturated carbocycles. The summed E-state index contributed by atoms with van der Waals surface area (Å²) < 4.78 is 5.96. The van der Waals surface area contributed by atoms with E-state index in [0.29, 0.717) is 34.4 Å². The van der Waals surface area contributed by atoms with Crippen molar-refractivity contribution in [3.8, 4) is 0 Å². The second kappa shape index (κ2) is 6.08. The third-order valence-corrected chi connectivity index (χ3v) is 6.39. The summed E-state index contributed by atoms with van der Waals surface area (Å²) >= 11 is 9.24. The van der Waals surface area contributed by atoms with E-state index in [1.165, 1.54) is 16.2 Å². The highest BCUT2D eigenvalue weighted by atomic mass is 35.5. The Kier molecular flexibility index (Phi) is 3.91. The summed E-state index contributed by atoms with van der Waals surface area (Å²) in [5, 5.41) is 6.18. The lowest BCUT2D eigenvalue weighted by Crippen LogP contribution is -2.23. The first-order valence-electron chi connectivity index (χ1n) is 7.14. The second-order valence-electron chi connectivity index (χ2n) is 5.14. The van der Waals surface area contributed by atoms with Crippen LogP contribution in [0.4, 0.5) is 16.2 Å². The van der Waals surface area contributed by atoms with Gasteiger partial charge < -0.3 is 10.1 Å². The van der Waals surface area contributed by atoms with Crippen LogP contribution in [-0.2, 0) is 4.74 Å². The molecule has 122 valence electrons. The maximum Gasteiger partial charge on any atom is 0.414 e. The average Bonchev–Trinajstić information content (AvgIpc) is 3.26. The van der Waals surface area contributed by atoms with E-state index >= 15 is 0 Å². The topological polar surface area (TPSA) is 58.6 Å². The maximum absolute atomic E-state index is 12.5. The highest BCUT2D eigenvalue weighted by Gasteiger charge is 2.24. The van der Waals surface area contributed by atoms with E-state index in [0.717, 1.165) is 9.40 Å². The Morgan fingerprint density at radius 3 is 2.96 bits per heavy atom. The standard InChI is InChI=1S/C16H11ClN2O3S2/c17-12-11-4-7-23-15(11)24-13(12)14(20)18-9-2-1-3-10(8-9)19-5-6-22-16(19)21/h1-4,7-8H,5-6H2,(H,18,20). The number of anilines is 2. The minimum absolute atomic E-state index is 0.255. The Balaban J connectivity index is 1.58. The zero-order valence-electron chi connectivity index (χ0n) is 12.2. The summed E-state index contributed by atoms with van der Waals surface area (Å²) in [6, 6.07) is 9.01. The summed E-state index contributed by atoms with van der Waals surface area (Å²) in [5.41, 5.74) is 1.29. The van der Waals surface area contributed by atoms with Gasteiger partial charge in [0.05, 0.1) is 15.6 Å². The number of ether oxygens (including phenoxy) is 1. The van der Waals surface area contributed by atoms with Crippen molar-refractivity contribution < 1.29 is 14.3 Å². The molecule has 1 N–H and O–H groups in total. The third kappa shape index (κ3) is 2.64. The van der Waals surface area contributed by atoms with Gasteiger partial charge in [-0.15, -0.1) is 22.7 Å². The van der Waals surface area contributed by atoms with Crippen LogP contribution in [0, 0.1) is 0 Å². The molecular formula is C16H11ClN2O3S2. The summed E-state index contributed by atoms with van der Waals surface area (Å²) in [6.07, 6.45) is -0.375. The van der Waals surface area contributed by atoms with Gasteiger partial charge in [-0.1, -0.05) is 17.7 Å². The fraction of sp³-hybridized carbons (Fsp3) is 0.125. The molecule has 1 saturated heterocycles. The van der Waals surface area contributed by atoms with Crippen molar-refractivity contribution in [1.29, 1.82) is 0 Å². The average molecular weight is 379 g/mol. The van der Waals surface area contributed by atoms with E-state index in [1.54, 1.807) is 35.6 Å². The zero-order valence-corrected chi connectivity index (χ0v) is 14.6. The lowest BCUT2D eigenvalue weighted by Gasteiger charge is -2.14. The van der Waals surface area contributed by atoms with Crippen LogP contribution in [0.25, 0.3) is 9.40 Å². The van der Waals surface area contributed by atoms with Crippen molar-refractivity contribution >= 4 is 67.0 Å². The SMILES string of the molecule is O=C(Nc1cccc(N2CCOC2=O)c1)c1sc2sccc2c1Cl. The van der Waals surface area contributed by atoms with E-state index in [9.17, 15) is 9.59 Å². The number of amides is 2. The van der Waals surface area contributed by atoms with E-state index < -0.39 is 0 Å². The molecule has 1 aromatic carbocycles. The molecule has 5 nitrogen and oxygen atoms in total. The van der Waals surface area contributed by atoms with Crippen molar-refractivity contribution in [3.63, 3.8) is 0 Å². The first-order chi connectivity index (χ1) is 11.6. The number of carbonyl (C=O) groups excluding carboxylic acids is 2. The normalized spacial score (nSPS) is 14.2. The monoisotopic (exact) mass is 378 g/mol. The number of rotatable bonds is 3. The quantitative estimate of drug-likeness (QED) is 0.710. The molecule has 0 bridgehead atoms. The number of thiophene rings is 2. The number of hydrogen-bond acceptors (Lipinski definition) is 5. The van der Waals surface area contributed by atoms with Gasteiger partial charge in [0.15, 0.2) is 0 Å². The minimum atomic E-state index is -0.375. The molecule has 0 spiro atoms. The van der Waals surface area contributed by atoms with Gasteiger partial charge in [0.1, 0.15) is 11.5 Å². The van der Waals surface area contributed by atoms with Crippen molar-refractivity contribution in [3.05, 3.63) is 45.6 Å². The smallest absolute Gasteiger partial charge is 0.414 e. The predicted octanol–water partition coefficient (Wildman–Crippen LogP) is 4.83. The Hall–Kier alpha value is -2.09. The summed E-state index contributed by atoms with van der Waals surface area (Å²) in [6.45, 7) is 0.875. The van der Waals surface area contributed by atoms with Gasteiger partial charge in [-0.25, -0.2) is 4.79 Å². The van der Waals surface area contributed by atoms with Crippen molar-refractivity contribution in [2.24, 2.45) is 0 Å². The first kappa shape index (κ1) is 15.4. The molecule has 1 aliphatic rings. The van der Waals surface area contributed by atoms with E-state index in [-0.39, 0.29) is 12.0 Å². The number of fused-ring (bicyclic) bond motifs is 1. The van der Waals surface area contributed by atoms with Crippen molar-refractivity contribution in [1.82, 2.24) is 0 Å². The predicted molar refractivity (Wildman–Crippen MR) is 97.8 cm³/mol. The first-order valence-corrected chi connectivity index (χ1v) is 9.22. The Morgan fingerprint density at radius 2 is 2.21 bits per heavy atom. The van der Waals surface area contributed by atoms with Crippen LogP contribution >= 0.6 is 34.3 Å². The van der Waals surface area contributed by atoms with Crippen LogP contribution in [0.2, 0.25) is 5.02 Å². The van der Waals surface area contributed by atoms with E-state index in [1.807, 2.05) is 11.4 Å². The number of cyclic esters (lactones) is 1. The van der Waals surface area contributed by atoms with E-state index in [2.05, 4.69) is 5.32 Å². The third-order valence-electron chi connectivity index (χ3n) is 3.64. The van der Waals surface area contributed by atoms with Crippen LogP contribution < -0.4 is 10.2 Å². The minimum Gasteiger partial charge on any atom is -0.447 e. The van der Waals surface area contributed by atoms with Crippen LogP contribution in [0.1, 0.15) is 9.67 Å². The highest BCUT2D eigenvalue weighted by Crippen LogP contribution is 2.39. The number of carbonyl (C=O) groups is 2. The molecule has 1 fully saturated rings. The molecule has 0 atom stereocenters. The number of halogens is 1. The van der Waals surface area contributed by atoms with Crippen LogP contribution in [0.15, 0.2) is 35.7 Å². The van der Waals surface area contributed by atoms with Gasteiger partial charge in [-0.3, -0.25) is 9.69 Å². The van der Waals surface area contributed by atoms with E-state index in [4.69, 9.17) is 16.3 Å². The lowest BCUT2D eigenvalue weighted by molar-refractivity contribution is 0.103. The van der Waals surface area contributed by atoms with Crippen molar-refractivity contribution in [2.75, 3.05) is 23.4 Å². The van der Waals surface area contributed by atoms with Gasteiger partial charge in [0.25, 0.3) is 5.91 Å². The second-order valence-corrected chi connectivity index (χ2v) is 7.71. The summed E-state index contributed by atoms with van der Waals surface area (Å²) in [7, 11) is 0. The molecule has 0 aliphatic carbocycles. The molecule has 8 heteroatoms. The number of hydrogen-bond donors (Lipinski definition) is 1. The molecule has 0 unspecified atom stereocenters. The van der Waals surface area contributed by atoms with Crippen LogP contribution in [-0.4, -0.2) is 25.2 Å². The molecule has 4 rings (SSSR count). The molecule has 1 aliphatic heterocycles. The fourth-order valence-electron chi connectivity index (χ4n) is 2.51. The van der Waals surface area contributed by atoms with Crippen molar-refractivity contribution in [2.45, 2.75) is 0 Å². The van der Waals surface area contributed by atoms with Crippen LogP contribution in [0.3, 0.4) is 0 Å². The number of benzene rings is 1.